The van der Waals surface area contributed by atoms with Crippen LogP contribution in [-0.2, 0) is 19.1 Å². The van der Waals surface area contributed by atoms with Gasteiger partial charge in [-0.1, -0.05) is 6.07 Å². The maximum absolute atomic E-state index is 12.8. The van der Waals surface area contributed by atoms with E-state index in [1.807, 2.05) is 13.0 Å². The van der Waals surface area contributed by atoms with Crippen molar-refractivity contribution in [3.63, 3.8) is 0 Å². The van der Waals surface area contributed by atoms with Gasteiger partial charge in [0, 0.05) is 43.9 Å². The number of ether oxygens (including phenoxy) is 1. The van der Waals surface area contributed by atoms with E-state index >= 15 is 0 Å². The highest BCUT2D eigenvalue weighted by atomic mass is 19.4. The summed E-state index contributed by atoms with van der Waals surface area (Å²) in [4.78, 5) is 14.4. The Morgan fingerprint density at radius 1 is 1.28 bits per heavy atom. The molecule has 0 aliphatic carbocycles. The molecule has 0 spiro atoms. The molecule has 1 fully saturated rings. The third-order valence-electron chi connectivity index (χ3n) is 5.53. The van der Waals surface area contributed by atoms with E-state index in [-0.39, 0.29) is 24.2 Å². The molecule has 0 saturated carbocycles. The summed E-state index contributed by atoms with van der Waals surface area (Å²) < 4.78 is 45.6. The molecule has 3 heterocycles. The number of carbonyl (C=O) groups excluding carboxylic acids is 1. The van der Waals surface area contributed by atoms with Crippen molar-refractivity contribution in [1.29, 1.82) is 0 Å². The second-order valence-electron chi connectivity index (χ2n) is 7.74. The number of likely N-dealkylation sites (tertiary alicyclic amines) is 1. The summed E-state index contributed by atoms with van der Waals surface area (Å²) in [5.41, 5.74) is 1.41. The summed E-state index contributed by atoms with van der Waals surface area (Å²) in [6.45, 7) is 4.11. The predicted octanol–water partition coefficient (Wildman–Crippen LogP) is 3.90. The minimum atomic E-state index is -4.40. The van der Waals surface area contributed by atoms with Gasteiger partial charge >= 0.3 is 6.18 Å². The Morgan fingerprint density at radius 2 is 2.12 bits per heavy atom. The van der Waals surface area contributed by atoms with Crippen LogP contribution in [0.5, 0.6) is 5.75 Å². The van der Waals surface area contributed by atoms with Crippen LogP contribution in [-0.4, -0.2) is 50.5 Å². The largest absolute Gasteiger partial charge is 0.493 e. The molecule has 7 nitrogen and oxygen atoms in total. The number of rotatable bonds is 7. The summed E-state index contributed by atoms with van der Waals surface area (Å²) in [6, 6.07) is 8.49. The molecule has 1 saturated heterocycles. The molecule has 1 N–H and O–H groups in total. The van der Waals surface area contributed by atoms with Crippen LogP contribution in [0.15, 0.2) is 42.6 Å². The second-order valence-corrected chi connectivity index (χ2v) is 7.74. The number of H-pyrrole nitrogens is 1. The fraction of sp³-hybridized carbons (Fsp3) is 0.409. The van der Waals surface area contributed by atoms with Gasteiger partial charge in [0.25, 0.3) is 5.91 Å². The number of nitrogens with zero attached hydrogens (tertiary/aromatic N) is 4. The fourth-order valence-corrected chi connectivity index (χ4v) is 3.76. The van der Waals surface area contributed by atoms with Crippen LogP contribution < -0.4 is 4.74 Å². The highest BCUT2D eigenvalue weighted by molar-refractivity contribution is 5.92. The van der Waals surface area contributed by atoms with E-state index in [0.29, 0.717) is 31.7 Å². The smallest absolute Gasteiger partial charge is 0.416 e. The Labute approximate surface area is 183 Å². The summed E-state index contributed by atoms with van der Waals surface area (Å²) >= 11 is 0. The third kappa shape index (κ3) is 4.95. The number of aromatic amines is 1. The number of aryl methyl sites for hydroxylation is 1. The lowest BCUT2D eigenvalue weighted by molar-refractivity contribution is -0.137. The molecule has 0 unspecified atom stereocenters. The van der Waals surface area contributed by atoms with E-state index in [4.69, 9.17) is 4.74 Å². The van der Waals surface area contributed by atoms with Gasteiger partial charge in [0.15, 0.2) is 0 Å². The number of aromatic nitrogens is 4. The number of halogens is 3. The minimum Gasteiger partial charge on any atom is -0.493 e. The molecular formula is C22H24F3N5O2. The number of hydrogen-bond acceptors (Lipinski definition) is 4. The third-order valence-corrected chi connectivity index (χ3v) is 5.53. The topological polar surface area (TPSA) is 76.0 Å². The molecule has 2 aromatic heterocycles. The van der Waals surface area contributed by atoms with Gasteiger partial charge in [-0.2, -0.15) is 23.4 Å². The summed E-state index contributed by atoms with van der Waals surface area (Å²) in [7, 11) is 0. The lowest BCUT2D eigenvalue weighted by atomic mass is 10.0. The average molecular weight is 447 g/mol. The molecule has 1 amide bonds. The van der Waals surface area contributed by atoms with Crippen molar-refractivity contribution >= 4 is 5.91 Å². The van der Waals surface area contributed by atoms with Gasteiger partial charge in [0.1, 0.15) is 11.4 Å². The van der Waals surface area contributed by atoms with Crippen LogP contribution in [0.2, 0.25) is 0 Å². The van der Waals surface area contributed by atoms with Gasteiger partial charge in [0.05, 0.1) is 17.9 Å². The van der Waals surface area contributed by atoms with Gasteiger partial charge < -0.3 is 9.64 Å². The van der Waals surface area contributed by atoms with Gasteiger partial charge in [-0.05, 0) is 43.7 Å². The van der Waals surface area contributed by atoms with Crippen LogP contribution >= 0.6 is 0 Å². The van der Waals surface area contributed by atoms with E-state index in [9.17, 15) is 18.0 Å². The molecular weight excluding hydrogens is 423 g/mol. The number of benzene rings is 1. The second kappa shape index (κ2) is 9.05. The first-order valence-electron chi connectivity index (χ1n) is 10.5. The predicted molar refractivity (Wildman–Crippen MR) is 110 cm³/mol. The molecule has 1 aromatic carbocycles. The maximum atomic E-state index is 12.8. The van der Waals surface area contributed by atoms with Crippen LogP contribution in [0.4, 0.5) is 13.2 Å². The molecule has 170 valence electrons. The summed E-state index contributed by atoms with van der Waals surface area (Å²) in [5.74, 6) is 0.224. The Balaban J connectivity index is 1.29. The van der Waals surface area contributed by atoms with E-state index in [1.165, 1.54) is 12.1 Å². The summed E-state index contributed by atoms with van der Waals surface area (Å²) in [6.07, 6.45) is -1.31. The van der Waals surface area contributed by atoms with Crippen molar-refractivity contribution in [2.45, 2.75) is 38.4 Å². The SMILES string of the molecule is CCn1ccc(C(=O)N2CC[C@H](c3cc(CCOc4cccc(C(F)(F)F)c4)[nH]n3)C2)n1. The molecule has 32 heavy (non-hydrogen) atoms. The Bertz CT molecular complexity index is 1080. The van der Waals surface area contributed by atoms with E-state index < -0.39 is 11.7 Å². The molecule has 4 rings (SSSR count). The fourth-order valence-electron chi connectivity index (χ4n) is 3.76. The van der Waals surface area contributed by atoms with Crippen molar-refractivity contribution in [2.24, 2.45) is 0 Å². The highest BCUT2D eigenvalue weighted by Gasteiger charge is 2.31. The number of amides is 1. The van der Waals surface area contributed by atoms with E-state index in [2.05, 4.69) is 15.3 Å². The molecule has 1 aliphatic heterocycles. The Kier molecular flexibility index (Phi) is 6.20. The van der Waals surface area contributed by atoms with Crippen molar-refractivity contribution < 1.29 is 22.7 Å². The minimum absolute atomic E-state index is 0.0788. The molecule has 1 atom stereocenters. The standard InChI is InChI=1S/C22H24F3N5O2/c1-2-30-10-7-19(28-30)21(31)29-9-6-15(14-29)20-13-17(26-27-20)8-11-32-18-5-3-4-16(12-18)22(23,24)25/h3-5,7,10,12-13,15H,2,6,8-9,11,14H2,1H3,(H,26,27)/t15-/m0/s1. The Morgan fingerprint density at radius 3 is 2.88 bits per heavy atom. The number of hydrogen-bond donors (Lipinski definition) is 1. The number of carbonyl (C=O) groups is 1. The number of alkyl halides is 3. The van der Waals surface area contributed by atoms with E-state index in [0.717, 1.165) is 29.9 Å². The Hall–Kier alpha value is -3.30. The quantitative estimate of drug-likeness (QED) is 0.596. The molecule has 10 heteroatoms. The van der Waals surface area contributed by atoms with E-state index in [1.54, 1.807) is 21.8 Å². The van der Waals surface area contributed by atoms with Gasteiger partial charge in [-0.15, -0.1) is 0 Å². The van der Waals surface area contributed by atoms with Crippen LogP contribution in [0.1, 0.15) is 46.7 Å². The van der Waals surface area contributed by atoms with Crippen molar-refractivity contribution in [1.82, 2.24) is 24.9 Å². The monoisotopic (exact) mass is 447 g/mol. The maximum Gasteiger partial charge on any atom is 0.416 e. The van der Waals surface area contributed by atoms with Crippen LogP contribution in [0.3, 0.4) is 0 Å². The van der Waals surface area contributed by atoms with Gasteiger partial charge in [-0.3, -0.25) is 14.6 Å². The zero-order valence-electron chi connectivity index (χ0n) is 17.6. The molecule has 0 bridgehead atoms. The van der Waals surface area contributed by atoms with Crippen LogP contribution in [0.25, 0.3) is 0 Å². The highest BCUT2D eigenvalue weighted by Crippen LogP contribution is 2.31. The molecule has 3 aromatic rings. The number of nitrogens with one attached hydrogen (secondary N) is 1. The normalized spacial score (nSPS) is 16.5. The lowest BCUT2D eigenvalue weighted by Gasteiger charge is -2.14. The zero-order valence-corrected chi connectivity index (χ0v) is 17.6. The van der Waals surface area contributed by atoms with Gasteiger partial charge in [0.2, 0.25) is 0 Å². The zero-order chi connectivity index (χ0) is 22.7. The average Bonchev–Trinajstić information content (AvgIpc) is 3.52. The van der Waals surface area contributed by atoms with Crippen molar-refractivity contribution in [3.8, 4) is 5.75 Å². The van der Waals surface area contributed by atoms with Crippen LogP contribution in [0, 0.1) is 0 Å². The lowest BCUT2D eigenvalue weighted by Crippen LogP contribution is -2.29. The molecule has 1 aliphatic rings. The first-order valence-corrected chi connectivity index (χ1v) is 10.5. The van der Waals surface area contributed by atoms with Gasteiger partial charge in [-0.25, -0.2) is 0 Å². The summed E-state index contributed by atoms with van der Waals surface area (Å²) in [5, 5.41) is 11.6. The van der Waals surface area contributed by atoms with Crippen molar-refractivity contribution in [3.05, 3.63) is 65.2 Å². The first kappa shape index (κ1) is 21.9. The van der Waals surface area contributed by atoms with Crippen molar-refractivity contribution in [2.75, 3.05) is 19.7 Å². The first-order chi connectivity index (χ1) is 15.3. The molecule has 0 radical (unpaired) electrons.